The van der Waals surface area contributed by atoms with Crippen molar-refractivity contribution in [3.63, 3.8) is 0 Å². The molecule has 0 unspecified atom stereocenters. The van der Waals surface area contributed by atoms with Gasteiger partial charge in [-0.25, -0.2) is 14.6 Å². The fourth-order valence-corrected chi connectivity index (χ4v) is 5.06. The van der Waals surface area contributed by atoms with Gasteiger partial charge in [0.25, 0.3) is 0 Å². The Bertz CT molecular complexity index is 1190. The van der Waals surface area contributed by atoms with Gasteiger partial charge < -0.3 is 34.8 Å². The zero-order chi connectivity index (χ0) is 29.4. The minimum absolute atomic E-state index is 0.00168. The molecule has 0 spiro atoms. The lowest BCUT2D eigenvalue weighted by Gasteiger charge is -2.30. The van der Waals surface area contributed by atoms with Crippen LogP contribution in [0.5, 0.6) is 0 Å². The number of pyridine rings is 1. The Morgan fingerprint density at radius 3 is 2.78 bits per heavy atom. The van der Waals surface area contributed by atoms with Crippen molar-refractivity contribution in [1.29, 1.82) is 0 Å². The van der Waals surface area contributed by atoms with E-state index in [4.69, 9.17) is 9.72 Å². The smallest absolute Gasteiger partial charge is 0.451 e. The van der Waals surface area contributed by atoms with Crippen LogP contribution in [0, 0.1) is 0 Å². The van der Waals surface area contributed by atoms with Crippen LogP contribution in [0.1, 0.15) is 48.6 Å². The molecule has 0 saturated carbocycles. The van der Waals surface area contributed by atoms with Crippen LogP contribution in [0.2, 0.25) is 0 Å². The fourth-order valence-electron chi connectivity index (χ4n) is 5.06. The highest BCUT2D eigenvalue weighted by atomic mass is 19.4. The highest BCUT2D eigenvalue weighted by Crippen LogP contribution is 2.29. The molecule has 0 bridgehead atoms. The molecule has 2 aliphatic heterocycles. The number of hydrogen-bond acceptors (Lipinski definition) is 8. The van der Waals surface area contributed by atoms with Crippen LogP contribution in [0.15, 0.2) is 12.1 Å². The third-order valence-electron chi connectivity index (χ3n) is 7.34. The molecule has 2 aliphatic rings. The minimum Gasteiger partial charge on any atom is -0.480 e. The van der Waals surface area contributed by atoms with Gasteiger partial charge >= 0.3 is 18.2 Å². The van der Waals surface area contributed by atoms with Crippen molar-refractivity contribution in [2.45, 2.75) is 63.8 Å². The van der Waals surface area contributed by atoms with Crippen molar-refractivity contribution < 1.29 is 32.6 Å². The summed E-state index contributed by atoms with van der Waals surface area (Å²) in [5.74, 6) is -1.31. The lowest BCUT2D eigenvalue weighted by Crippen LogP contribution is -2.51. The van der Waals surface area contributed by atoms with Crippen LogP contribution in [-0.4, -0.2) is 99.1 Å². The van der Waals surface area contributed by atoms with E-state index in [1.165, 1.54) is 10.5 Å². The molecular weight excluding hydrogens is 545 g/mol. The summed E-state index contributed by atoms with van der Waals surface area (Å²) < 4.78 is 45.4. The molecule has 1 atom stereocenters. The number of hydrogen-bond donors (Lipinski definition) is 3. The molecule has 3 N–H and O–H groups in total. The Hall–Kier alpha value is -3.46. The summed E-state index contributed by atoms with van der Waals surface area (Å²) in [6.07, 6.45) is 0.324. The van der Waals surface area contributed by atoms with Crippen LogP contribution in [0.4, 0.5) is 23.8 Å². The SMILES string of the molecule is COCCN(CCCCc1ccc2c(n1)NCCC2)CC[C@H](NC(=O)N1CCn2c(nnc2C(F)(F)F)C1)C(=O)O. The number of ether oxygens (including phenoxy) is 1. The number of aliphatic carboxylic acids is 1. The third kappa shape index (κ3) is 8.28. The number of alkyl halides is 3. The zero-order valence-corrected chi connectivity index (χ0v) is 23.1. The molecule has 0 saturated heterocycles. The number of carboxylic acids is 1. The summed E-state index contributed by atoms with van der Waals surface area (Å²) in [7, 11) is 1.60. The molecule has 15 heteroatoms. The van der Waals surface area contributed by atoms with E-state index in [-0.39, 0.29) is 31.9 Å². The van der Waals surface area contributed by atoms with Crippen molar-refractivity contribution in [3.8, 4) is 0 Å². The molecule has 4 rings (SSSR count). The number of halogens is 3. The van der Waals surface area contributed by atoms with Gasteiger partial charge in [-0.05, 0) is 56.7 Å². The molecule has 12 nitrogen and oxygen atoms in total. The van der Waals surface area contributed by atoms with E-state index in [0.29, 0.717) is 19.7 Å². The van der Waals surface area contributed by atoms with Gasteiger partial charge in [0.2, 0.25) is 5.82 Å². The Kier molecular flexibility index (Phi) is 10.4. The molecule has 4 heterocycles. The van der Waals surface area contributed by atoms with Gasteiger partial charge in [-0.15, -0.1) is 10.2 Å². The predicted molar refractivity (Wildman–Crippen MR) is 142 cm³/mol. The van der Waals surface area contributed by atoms with E-state index in [1.54, 1.807) is 7.11 Å². The molecule has 41 heavy (non-hydrogen) atoms. The summed E-state index contributed by atoms with van der Waals surface area (Å²) >= 11 is 0. The first-order valence-electron chi connectivity index (χ1n) is 13.9. The van der Waals surface area contributed by atoms with Crippen LogP contribution in [0.3, 0.4) is 0 Å². The van der Waals surface area contributed by atoms with Crippen molar-refractivity contribution in [2.24, 2.45) is 0 Å². The second-order valence-corrected chi connectivity index (χ2v) is 10.3. The van der Waals surface area contributed by atoms with Crippen molar-refractivity contribution in [3.05, 3.63) is 35.0 Å². The van der Waals surface area contributed by atoms with Gasteiger partial charge in [0, 0.05) is 45.5 Å². The number of carbonyl (C=O) groups excluding carboxylic acids is 1. The van der Waals surface area contributed by atoms with E-state index in [2.05, 4.69) is 37.9 Å². The van der Waals surface area contributed by atoms with E-state index in [1.807, 2.05) is 0 Å². The number of carboxylic acid groups (broad SMARTS) is 1. The summed E-state index contributed by atoms with van der Waals surface area (Å²) in [6, 6.07) is 2.39. The summed E-state index contributed by atoms with van der Waals surface area (Å²) in [6.45, 7) is 2.83. The van der Waals surface area contributed by atoms with Gasteiger partial charge in [-0.3, -0.25) is 0 Å². The van der Waals surface area contributed by atoms with Gasteiger partial charge in [0.05, 0.1) is 13.2 Å². The number of urea groups is 1. The molecule has 2 amide bonds. The van der Waals surface area contributed by atoms with Crippen LogP contribution in [-0.2, 0) is 41.6 Å². The Balaban J connectivity index is 1.25. The molecule has 0 aliphatic carbocycles. The van der Waals surface area contributed by atoms with Crippen molar-refractivity contribution in [1.82, 2.24) is 34.9 Å². The number of aromatic nitrogens is 4. The van der Waals surface area contributed by atoms with E-state index < -0.39 is 30.0 Å². The number of unbranched alkanes of at least 4 members (excludes halogenated alkanes) is 1. The average molecular weight is 583 g/mol. The number of rotatable bonds is 13. The van der Waals surface area contributed by atoms with Crippen LogP contribution in [0.25, 0.3) is 0 Å². The highest BCUT2D eigenvalue weighted by molar-refractivity contribution is 5.82. The number of carbonyl (C=O) groups is 2. The topological polar surface area (TPSA) is 138 Å². The van der Waals surface area contributed by atoms with Gasteiger partial charge in [-0.1, -0.05) is 6.07 Å². The first-order chi connectivity index (χ1) is 19.7. The molecule has 2 aromatic rings. The van der Waals surface area contributed by atoms with Gasteiger partial charge in [0.1, 0.15) is 11.9 Å². The monoisotopic (exact) mass is 582 g/mol. The maximum Gasteiger partial charge on any atom is 0.451 e. The third-order valence-corrected chi connectivity index (χ3v) is 7.34. The van der Waals surface area contributed by atoms with Gasteiger partial charge in [-0.2, -0.15) is 13.2 Å². The molecule has 0 radical (unpaired) electrons. The quantitative estimate of drug-likeness (QED) is 0.304. The molecule has 0 aromatic carbocycles. The largest absolute Gasteiger partial charge is 0.480 e. The first-order valence-corrected chi connectivity index (χ1v) is 13.9. The number of anilines is 1. The predicted octanol–water partition coefficient (Wildman–Crippen LogP) is 2.39. The average Bonchev–Trinajstić information content (AvgIpc) is 3.39. The lowest BCUT2D eigenvalue weighted by molar-refractivity contribution is -0.148. The number of nitrogens with zero attached hydrogens (tertiary/aromatic N) is 6. The summed E-state index contributed by atoms with van der Waals surface area (Å²) in [4.78, 5) is 32.8. The number of amides is 2. The van der Waals surface area contributed by atoms with Crippen molar-refractivity contribution in [2.75, 3.05) is 51.8 Å². The summed E-state index contributed by atoms with van der Waals surface area (Å²) in [5, 5.41) is 22.4. The number of nitrogens with one attached hydrogen (secondary N) is 2. The van der Waals surface area contributed by atoms with Crippen LogP contribution >= 0.6 is 0 Å². The first kappa shape index (κ1) is 30.5. The molecule has 226 valence electrons. The number of fused-ring (bicyclic) bond motifs is 2. The van der Waals surface area contributed by atoms with E-state index in [0.717, 1.165) is 61.3 Å². The van der Waals surface area contributed by atoms with Gasteiger partial charge in [0.15, 0.2) is 5.82 Å². The fraction of sp³-hybridized carbons (Fsp3) is 0.654. The minimum atomic E-state index is -4.64. The number of methoxy groups -OCH3 is 1. The molecule has 0 fully saturated rings. The second-order valence-electron chi connectivity index (χ2n) is 10.3. The normalized spacial score (nSPS) is 15.7. The highest BCUT2D eigenvalue weighted by Gasteiger charge is 2.40. The standard InChI is InChI=1S/C26H37F3N8O4/c1-41-16-15-35(11-3-2-6-19-8-7-18-5-4-10-30-22(18)31-19)12-9-20(23(38)39)32-25(40)36-13-14-37-21(17-36)33-34-24(37)26(27,28)29/h7-8,20H,2-6,9-17H2,1H3,(H,30,31)(H,32,40)(H,38,39)/t20-/m0/s1. The molecule has 2 aromatic heterocycles. The molecular formula is C26H37F3N8O4. The maximum absolute atomic E-state index is 13.1. The van der Waals surface area contributed by atoms with E-state index >= 15 is 0 Å². The second kappa shape index (κ2) is 13.9. The van der Waals surface area contributed by atoms with Crippen molar-refractivity contribution >= 4 is 17.8 Å². The zero-order valence-electron chi connectivity index (χ0n) is 23.1. The Labute approximate surface area is 236 Å². The van der Waals surface area contributed by atoms with E-state index in [9.17, 15) is 27.9 Å². The van der Waals surface area contributed by atoms with Crippen LogP contribution < -0.4 is 10.6 Å². The lowest BCUT2D eigenvalue weighted by atomic mass is 10.1. The Morgan fingerprint density at radius 1 is 1.20 bits per heavy atom. The maximum atomic E-state index is 13.1. The number of aryl methyl sites for hydroxylation is 2. The Morgan fingerprint density at radius 2 is 2.02 bits per heavy atom. The summed E-state index contributed by atoms with van der Waals surface area (Å²) in [5.41, 5.74) is 2.30.